The van der Waals surface area contributed by atoms with Crippen LogP contribution in [0.2, 0.25) is 0 Å². The smallest absolute Gasteiger partial charge is 0.128 e. The molecule has 1 aromatic carbocycles. The first kappa shape index (κ1) is 20.6. The van der Waals surface area contributed by atoms with E-state index in [1.54, 1.807) is 0 Å². The summed E-state index contributed by atoms with van der Waals surface area (Å²) in [7, 11) is 0. The van der Waals surface area contributed by atoms with Gasteiger partial charge < -0.3 is 4.90 Å². The Morgan fingerprint density at radius 2 is 1.67 bits per heavy atom. The van der Waals surface area contributed by atoms with Crippen molar-refractivity contribution in [1.29, 1.82) is 0 Å². The summed E-state index contributed by atoms with van der Waals surface area (Å²) in [4.78, 5) is 9.47. The van der Waals surface area contributed by atoms with Gasteiger partial charge in [0.05, 0.1) is 11.4 Å². The number of rotatable bonds is 9. The highest BCUT2D eigenvalue weighted by Crippen LogP contribution is 2.17. The van der Waals surface area contributed by atoms with E-state index in [1.165, 1.54) is 36.5 Å². The summed E-state index contributed by atoms with van der Waals surface area (Å²) in [5.41, 5.74) is 3.71. The van der Waals surface area contributed by atoms with Crippen LogP contribution in [0.5, 0.6) is 0 Å². The summed E-state index contributed by atoms with van der Waals surface area (Å²) in [6.45, 7) is 7.78. The Kier molecular flexibility index (Phi) is 7.14. The van der Waals surface area contributed by atoms with Gasteiger partial charge in [0.2, 0.25) is 0 Å². The van der Waals surface area contributed by atoms with Crippen molar-refractivity contribution < 1.29 is 0 Å². The lowest BCUT2D eigenvalue weighted by molar-refractivity contribution is 0.252. The molecule has 3 aromatic rings. The Labute approximate surface area is 180 Å². The number of anilines is 1. The first-order valence-electron chi connectivity index (χ1n) is 11.3. The molecule has 3 heterocycles. The van der Waals surface area contributed by atoms with Gasteiger partial charge in [-0.3, -0.25) is 4.90 Å². The van der Waals surface area contributed by atoms with Crippen LogP contribution in [0.4, 0.5) is 5.82 Å². The van der Waals surface area contributed by atoms with Crippen molar-refractivity contribution in [3.63, 3.8) is 0 Å². The molecule has 0 saturated carbocycles. The summed E-state index contributed by atoms with van der Waals surface area (Å²) in [5, 5.41) is 4.87. The molecule has 1 saturated heterocycles. The fraction of sp³-hybridized carbons (Fsp3) is 0.440. The second-order valence-corrected chi connectivity index (χ2v) is 8.10. The fourth-order valence-corrected chi connectivity index (χ4v) is 4.21. The molecule has 0 radical (unpaired) electrons. The lowest BCUT2D eigenvalue weighted by atomic mass is 10.1. The molecular formula is C25H33N5. The highest BCUT2D eigenvalue weighted by atomic mass is 15.3. The molecule has 0 amide bonds. The zero-order valence-electron chi connectivity index (χ0n) is 18.1. The molecule has 5 heteroatoms. The number of para-hydroxylation sites is 1. The second kappa shape index (κ2) is 10.4. The van der Waals surface area contributed by atoms with Gasteiger partial charge in [0.1, 0.15) is 5.82 Å². The van der Waals surface area contributed by atoms with Crippen molar-refractivity contribution in [2.75, 3.05) is 37.6 Å². The number of unbranched alkanes of at least 4 members (excludes halogenated alkanes) is 1. The summed E-state index contributed by atoms with van der Waals surface area (Å²) in [5.74, 6) is 1.11. The largest absolute Gasteiger partial charge is 0.354 e. The van der Waals surface area contributed by atoms with Crippen LogP contribution in [-0.4, -0.2) is 52.4 Å². The zero-order chi connectivity index (χ0) is 20.6. The van der Waals surface area contributed by atoms with Crippen molar-refractivity contribution in [3.05, 3.63) is 72.2 Å². The van der Waals surface area contributed by atoms with Gasteiger partial charge in [0.15, 0.2) is 0 Å². The Hall–Kier alpha value is -2.66. The van der Waals surface area contributed by atoms with E-state index in [-0.39, 0.29) is 0 Å². The van der Waals surface area contributed by atoms with Crippen LogP contribution in [0.25, 0.3) is 5.69 Å². The van der Waals surface area contributed by atoms with Crippen molar-refractivity contribution in [3.8, 4) is 5.69 Å². The van der Waals surface area contributed by atoms with Crippen LogP contribution in [-0.2, 0) is 12.8 Å². The average Bonchev–Trinajstić information content (AvgIpc) is 3.21. The molecule has 1 aliphatic rings. The third-order valence-corrected chi connectivity index (χ3v) is 5.84. The molecule has 0 bridgehead atoms. The Morgan fingerprint density at radius 1 is 0.867 bits per heavy atom. The van der Waals surface area contributed by atoms with E-state index < -0.39 is 0 Å². The number of hydrogen-bond donors (Lipinski definition) is 0. The van der Waals surface area contributed by atoms with Crippen LogP contribution in [0.1, 0.15) is 37.6 Å². The maximum Gasteiger partial charge on any atom is 0.128 e. The van der Waals surface area contributed by atoms with E-state index >= 15 is 0 Å². The molecule has 4 rings (SSSR count). The maximum atomic E-state index is 4.87. The number of nitrogens with zero attached hydrogens (tertiary/aromatic N) is 5. The normalized spacial score (nSPS) is 14.9. The Bertz CT molecular complexity index is 882. The molecule has 0 N–H and O–H groups in total. The summed E-state index contributed by atoms with van der Waals surface area (Å²) >= 11 is 0. The molecule has 0 aliphatic carbocycles. The van der Waals surface area contributed by atoms with Gasteiger partial charge in [-0.1, -0.05) is 37.6 Å². The Morgan fingerprint density at radius 3 is 2.40 bits per heavy atom. The van der Waals surface area contributed by atoms with Crippen molar-refractivity contribution >= 4 is 5.82 Å². The second-order valence-electron chi connectivity index (χ2n) is 8.10. The first-order valence-corrected chi connectivity index (χ1v) is 11.3. The predicted molar refractivity (Wildman–Crippen MR) is 123 cm³/mol. The van der Waals surface area contributed by atoms with Gasteiger partial charge in [-0.25, -0.2) is 9.67 Å². The highest BCUT2D eigenvalue weighted by molar-refractivity contribution is 5.38. The first-order chi connectivity index (χ1) is 14.8. The lowest BCUT2D eigenvalue weighted by Gasteiger charge is -2.35. The third-order valence-electron chi connectivity index (χ3n) is 5.84. The van der Waals surface area contributed by atoms with E-state index in [4.69, 9.17) is 5.10 Å². The van der Waals surface area contributed by atoms with Crippen molar-refractivity contribution in [2.45, 2.75) is 39.0 Å². The SMILES string of the molecule is CCCc1cc(CCCCN2CCN(c3ccccn3)CC2)n(-c2ccccc2)n1. The van der Waals surface area contributed by atoms with Crippen molar-refractivity contribution in [2.24, 2.45) is 0 Å². The van der Waals surface area contributed by atoms with Gasteiger partial charge >= 0.3 is 0 Å². The van der Waals surface area contributed by atoms with Gasteiger partial charge in [0, 0.05) is 38.1 Å². The lowest BCUT2D eigenvalue weighted by Crippen LogP contribution is -2.46. The Balaban J connectivity index is 1.26. The molecule has 1 aliphatic heterocycles. The molecule has 30 heavy (non-hydrogen) atoms. The quantitative estimate of drug-likeness (QED) is 0.497. The summed E-state index contributed by atoms with van der Waals surface area (Å²) in [6.07, 6.45) is 7.58. The molecule has 1 fully saturated rings. The standard InChI is InChI=1S/C25H33N5/c1-2-10-22-21-24(30(27-22)23-11-4-3-5-12-23)13-7-9-16-28-17-19-29(20-18-28)25-14-6-8-15-26-25/h3-6,8,11-12,14-15,21H,2,7,9-10,13,16-20H2,1H3. The fourth-order valence-electron chi connectivity index (χ4n) is 4.21. The van der Waals surface area contributed by atoms with Crippen LogP contribution < -0.4 is 4.90 Å². The van der Waals surface area contributed by atoms with Crippen LogP contribution >= 0.6 is 0 Å². The average molecular weight is 404 g/mol. The number of aromatic nitrogens is 3. The van der Waals surface area contributed by atoms with E-state index in [2.05, 4.69) is 74.9 Å². The van der Waals surface area contributed by atoms with Crippen LogP contribution in [0.15, 0.2) is 60.8 Å². The van der Waals surface area contributed by atoms with Gasteiger partial charge in [-0.05, 0) is 62.6 Å². The van der Waals surface area contributed by atoms with Gasteiger partial charge in [-0.2, -0.15) is 5.10 Å². The minimum atomic E-state index is 1.05. The number of piperazine rings is 1. The summed E-state index contributed by atoms with van der Waals surface area (Å²) in [6, 6.07) is 19.0. The predicted octanol–water partition coefficient (Wildman–Crippen LogP) is 4.36. The van der Waals surface area contributed by atoms with E-state index in [0.29, 0.717) is 0 Å². The van der Waals surface area contributed by atoms with Crippen LogP contribution in [0.3, 0.4) is 0 Å². The number of hydrogen-bond acceptors (Lipinski definition) is 4. The number of benzene rings is 1. The molecule has 0 atom stereocenters. The van der Waals surface area contributed by atoms with E-state index in [9.17, 15) is 0 Å². The van der Waals surface area contributed by atoms with E-state index in [1.807, 2.05) is 12.3 Å². The minimum Gasteiger partial charge on any atom is -0.354 e. The molecule has 158 valence electrons. The molecule has 0 spiro atoms. The van der Waals surface area contributed by atoms with E-state index in [0.717, 1.165) is 51.3 Å². The third kappa shape index (κ3) is 5.28. The minimum absolute atomic E-state index is 1.05. The summed E-state index contributed by atoms with van der Waals surface area (Å²) < 4.78 is 2.15. The molecule has 0 unspecified atom stereocenters. The van der Waals surface area contributed by atoms with Crippen molar-refractivity contribution in [1.82, 2.24) is 19.7 Å². The number of aryl methyl sites for hydroxylation is 2. The molecule has 5 nitrogen and oxygen atoms in total. The topological polar surface area (TPSA) is 37.2 Å². The van der Waals surface area contributed by atoms with Crippen LogP contribution in [0, 0.1) is 0 Å². The highest BCUT2D eigenvalue weighted by Gasteiger charge is 2.17. The zero-order valence-corrected chi connectivity index (χ0v) is 18.1. The van der Waals surface area contributed by atoms with Gasteiger partial charge in [0.25, 0.3) is 0 Å². The number of pyridine rings is 1. The van der Waals surface area contributed by atoms with Gasteiger partial charge in [-0.15, -0.1) is 0 Å². The maximum absolute atomic E-state index is 4.87. The molecular weight excluding hydrogens is 370 g/mol. The molecule has 2 aromatic heterocycles. The monoisotopic (exact) mass is 403 g/mol.